The molecule has 0 aliphatic heterocycles. The van der Waals surface area contributed by atoms with E-state index in [1.165, 1.54) is 18.2 Å². The Morgan fingerprint density at radius 3 is 1.93 bits per heavy atom. The van der Waals surface area contributed by atoms with Gasteiger partial charge in [0.15, 0.2) is 34.6 Å². The highest BCUT2D eigenvalue weighted by atomic mass is 16.5. The first kappa shape index (κ1) is 22.7. The number of carbonyl (C=O) groups is 2. The fraction of sp³-hybridized carbons (Fsp3) is 0.250. The van der Waals surface area contributed by atoms with Crippen molar-refractivity contribution in [2.24, 2.45) is 0 Å². The molecule has 2 rings (SSSR count). The van der Waals surface area contributed by atoms with E-state index in [0.717, 1.165) is 5.56 Å². The molecule has 2 aromatic rings. The topological polar surface area (TPSA) is 82.1 Å². The molecule has 0 amide bonds. The third-order valence-electron chi connectivity index (χ3n) is 4.04. The second-order valence-corrected chi connectivity index (χ2v) is 6.28. The lowest BCUT2D eigenvalue weighted by Gasteiger charge is -2.09. The maximum absolute atomic E-state index is 12.1. The fourth-order valence-corrected chi connectivity index (χ4v) is 2.64. The Bertz CT molecular complexity index is 943. The minimum absolute atomic E-state index is 0.0340. The third-order valence-corrected chi connectivity index (χ3v) is 4.04. The SMILES string of the molecule is CCOc1cc(/C=C/C(=O)CC(=O)/C=C/c2ccc(OC)c(OCC)c2)ccc1O. The van der Waals surface area contributed by atoms with E-state index in [0.29, 0.717) is 36.0 Å². The Kier molecular flexibility index (Phi) is 8.69. The van der Waals surface area contributed by atoms with Crippen molar-refractivity contribution in [3.8, 4) is 23.0 Å². The van der Waals surface area contributed by atoms with Gasteiger partial charge in [0.1, 0.15) is 0 Å². The van der Waals surface area contributed by atoms with Crippen molar-refractivity contribution < 1.29 is 28.9 Å². The van der Waals surface area contributed by atoms with E-state index in [1.807, 2.05) is 13.8 Å². The van der Waals surface area contributed by atoms with Gasteiger partial charge in [0.05, 0.1) is 26.7 Å². The van der Waals surface area contributed by atoms with E-state index in [9.17, 15) is 14.7 Å². The van der Waals surface area contributed by atoms with Gasteiger partial charge in [-0.15, -0.1) is 0 Å². The van der Waals surface area contributed by atoms with Crippen molar-refractivity contribution >= 4 is 23.7 Å². The number of benzene rings is 2. The maximum atomic E-state index is 12.1. The van der Waals surface area contributed by atoms with Gasteiger partial charge in [0.2, 0.25) is 0 Å². The van der Waals surface area contributed by atoms with E-state index < -0.39 is 0 Å². The Hall–Kier alpha value is -3.54. The summed E-state index contributed by atoms with van der Waals surface area (Å²) in [5.74, 6) is 0.958. The molecule has 1 N–H and O–H groups in total. The van der Waals surface area contributed by atoms with Crippen LogP contribution in [-0.2, 0) is 9.59 Å². The van der Waals surface area contributed by atoms with Crippen LogP contribution in [0.1, 0.15) is 31.4 Å². The Morgan fingerprint density at radius 2 is 1.37 bits per heavy atom. The van der Waals surface area contributed by atoms with Crippen molar-refractivity contribution in [2.75, 3.05) is 20.3 Å². The number of phenolic OH excluding ortho intramolecular Hbond substituents is 1. The molecule has 6 heteroatoms. The summed E-state index contributed by atoms with van der Waals surface area (Å²) in [6.07, 6.45) is 5.69. The van der Waals surface area contributed by atoms with Gasteiger partial charge >= 0.3 is 0 Å². The molecule has 0 saturated carbocycles. The molecular weight excluding hydrogens is 384 g/mol. The lowest BCUT2D eigenvalue weighted by molar-refractivity contribution is -0.121. The van der Waals surface area contributed by atoms with E-state index in [-0.39, 0.29) is 23.7 Å². The third kappa shape index (κ3) is 6.81. The van der Waals surface area contributed by atoms with E-state index in [4.69, 9.17) is 14.2 Å². The number of methoxy groups -OCH3 is 1. The summed E-state index contributed by atoms with van der Waals surface area (Å²) < 4.78 is 16.1. The quantitative estimate of drug-likeness (QED) is 0.435. The molecule has 2 aromatic carbocycles. The van der Waals surface area contributed by atoms with Crippen LogP contribution in [0.3, 0.4) is 0 Å². The molecular formula is C24H26O6. The molecule has 0 aliphatic carbocycles. The molecule has 0 fully saturated rings. The number of hydrogen-bond donors (Lipinski definition) is 1. The molecule has 0 spiro atoms. The summed E-state index contributed by atoms with van der Waals surface area (Å²) in [7, 11) is 1.56. The zero-order valence-corrected chi connectivity index (χ0v) is 17.4. The van der Waals surface area contributed by atoms with Gasteiger partial charge in [-0.1, -0.05) is 24.3 Å². The monoisotopic (exact) mass is 410 g/mol. The Balaban J connectivity index is 1.97. The maximum Gasteiger partial charge on any atom is 0.163 e. The number of ketones is 2. The van der Waals surface area contributed by atoms with Crippen molar-refractivity contribution in [1.29, 1.82) is 0 Å². The number of allylic oxidation sites excluding steroid dienone is 2. The summed E-state index contributed by atoms with van der Waals surface area (Å²) in [6.45, 7) is 4.60. The lowest BCUT2D eigenvalue weighted by Crippen LogP contribution is -2.02. The molecule has 0 heterocycles. The number of carbonyl (C=O) groups excluding carboxylic acids is 2. The number of ether oxygens (including phenoxy) is 3. The molecule has 0 atom stereocenters. The smallest absolute Gasteiger partial charge is 0.163 e. The predicted octanol–water partition coefficient (Wildman–Crippen LogP) is 4.45. The zero-order valence-electron chi connectivity index (χ0n) is 17.4. The van der Waals surface area contributed by atoms with Gasteiger partial charge in [-0.05, 0) is 61.4 Å². The number of hydrogen-bond acceptors (Lipinski definition) is 6. The fourth-order valence-electron chi connectivity index (χ4n) is 2.64. The van der Waals surface area contributed by atoms with Crippen molar-refractivity contribution in [3.63, 3.8) is 0 Å². The highest BCUT2D eigenvalue weighted by Crippen LogP contribution is 2.29. The minimum atomic E-state index is -0.319. The minimum Gasteiger partial charge on any atom is -0.504 e. The summed E-state index contributed by atoms with van der Waals surface area (Å²) in [5, 5.41) is 9.71. The van der Waals surface area contributed by atoms with Crippen LogP contribution >= 0.6 is 0 Å². The Morgan fingerprint density at radius 1 is 0.833 bits per heavy atom. The first-order valence-electron chi connectivity index (χ1n) is 9.65. The van der Waals surface area contributed by atoms with E-state index in [2.05, 4.69) is 0 Å². The van der Waals surface area contributed by atoms with Gasteiger partial charge in [-0.25, -0.2) is 0 Å². The summed E-state index contributed by atoms with van der Waals surface area (Å²) in [6, 6.07) is 10.1. The molecule has 0 radical (unpaired) electrons. The number of aromatic hydroxyl groups is 1. The van der Waals surface area contributed by atoms with Crippen LogP contribution in [0.2, 0.25) is 0 Å². The molecule has 30 heavy (non-hydrogen) atoms. The molecule has 0 saturated heterocycles. The normalized spacial score (nSPS) is 11.0. The van der Waals surface area contributed by atoms with Gasteiger partial charge in [-0.3, -0.25) is 9.59 Å². The summed E-state index contributed by atoms with van der Waals surface area (Å²) in [5.41, 5.74) is 1.46. The predicted molar refractivity (Wildman–Crippen MR) is 116 cm³/mol. The van der Waals surface area contributed by atoms with Gasteiger partial charge in [0.25, 0.3) is 0 Å². The Labute approximate surface area is 176 Å². The highest BCUT2D eigenvalue weighted by Gasteiger charge is 2.07. The molecule has 0 aliphatic rings. The largest absolute Gasteiger partial charge is 0.504 e. The van der Waals surface area contributed by atoms with Crippen LogP contribution < -0.4 is 14.2 Å². The van der Waals surface area contributed by atoms with Crippen LogP contribution in [0.5, 0.6) is 23.0 Å². The molecule has 6 nitrogen and oxygen atoms in total. The molecule has 0 unspecified atom stereocenters. The van der Waals surface area contributed by atoms with Crippen molar-refractivity contribution in [3.05, 3.63) is 59.7 Å². The van der Waals surface area contributed by atoms with Crippen LogP contribution in [0.15, 0.2) is 48.6 Å². The van der Waals surface area contributed by atoms with Crippen LogP contribution in [0, 0.1) is 0 Å². The van der Waals surface area contributed by atoms with Crippen LogP contribution in [0.25, 0.3) is 12.2 Å². The highest BCUT2D eigenvalue weighted by molar-refractivity contribution is 6.10. The second-order valence-electron chi connectivity index (χ2n) is 6.28. The zero-order chi connectivity index (χ0) is 21.9. The van der Waals surface area contributed by atoms with Crippen molar-refractivity contribution in [1.82, 2.24) is 0 Å². The van der Waals surface area contributed by atoms with Gasteiger partial charge in [0, 0.05) is 0 Å². The second kappa shape index (κ2) is 11.5. The van der Waals surface area contributed by atoms with Gasteiger partial charge < -0.3 is 19.3 Å². The number of rotatable bonds is 11. The van der Waals surface area contributed by atoms with E-state index in [1.54, 1.807) is 49.6 Å². The molecule has 0 aromatic heterocycles. The summed E-state index contributed by atoms with van der Waals surface area (Å²) in [4.78, 5) is 24.2. The molecule has 158 valence electrons. The van der Waals surface area contributed by atoms with E-state index >= 15 is 0 Å². The first-order chi connectivity index (χ1) is 14.5. The summed E-state index contributed by atoms with van der Waals surface area (Å²) >= 11 is 0. The number of phenols is 1. The standard InChI is InChI=1S/C24H26O6/c1-4-29-23-14-17(8-12-21(23)27)6-10-19(25)16-20(26)11-7-18-9-13-22(28-3)24(15-18)30-5-2/h6-15,27H,4-5,16H2,1-3H3/b10-6+,11-7+. The van der Waals surface area contributed by atoms with Gasteiger partial charge in [-0.2, -0.15) is 0 Å². The first-order valence-corrected chi connectivity index (χ1v) is 9.65. The van der Waals surface area contributed by atoms with Crippen LogP contribution in [0.4, 0.5) is 0 Å². The average Bonchev–Trinajstić information content (AvgIpc) is 2.73. The molecule has 0 bridgehead atoms. The van der Waals surface area contributed by atoms with Crippen molar-refractivity contribution in [2.45, 2.75) is 20.3 Å². The van der Waals surface area contributed by atoms with Crippen LogP contribution in [-0.4, -0.2) is 37.0 Å². The average molecular weight is 410 g/mol. The lowest BCUT2D eigenvalue weighted by atomic mass is 10.1.